The number of rotatable bonds is 2. The number of ketones is 1. The van der Waals surface area contributed by atoms with Crippen LogP contribution in [0.25, 0.3) is 11.0 Å². The van der Waals surface area contributed by atoms with E-state index >= 15 is 0 Å². The minimum Gasteiger partial charge on any atom is -0.501 e. The van der Waals surface area contributed by atoms with Gasteiger partial charge in [0.15, 0.2) is 0 Å². The summed E-state index contributed by atoms with van der Waals surface area (Å²) in [5, 5.41) is 10.1. The highest BCUT2D eigenvalue weighted by Gasteiger charge is 2.18. The van der Waals surface area contributed by atoms with Crippen molar-refractivity contribution in [1.82, 2.24) is 0 Å². The van der Waals surface area contributed by atoms with Gasteiger partial charge in [-0.25, -0.2) is 0 Å². The first-order valence-electron chi connectivity index (χ1n) is 5.86. The summed E-state index contributed by atoms with van der Waals surface area (Å²) in [6.07, 6.45) is 1.32. The molecule has 0 spiro atoms. The van der Waals surface area contributed by atoms with Gasteiger partial charge in [0.25, 0.3) is 0 Å². The molecule has 0 radical (unpaired) electrons. The third-order valence-electron chi connectivity index (χ3n) is 2.67. The summed E-state index contributed by atoms with van der Waals surface area (Å²) in [6, 6.07) is 4.98. The van der Waals surface area contributed by atoms with E-state index in [-0.39, 0.29) is 11.1 Å². The van der Waals surface area contributed by atoms with E-state index in [9.17, 15) is 14.7 Å². The number of hydrogen-bond donors (Lipinski definition) is 1. The number of aryl methyl sites for hydroxylation is 1. The lowest BCUT2D eigenvalue weighted by molar-refractivity contribution is 0.101. The summed E-state index contributed by atoms with van der Waals surface area (Å²) in [4.78, 5) is 23.9. The van der Waals surface area contributed by atoms with Crippen LogP contribution in [-0.4, -0.2) is 10.9 Å². The Kier molecular flexibility index (Phi) is 3.25. The van der Waals surface area contributed by atoms with Gasteiger partial charge in [-0.1, -0.05) is 11.6 Å². The summed E-state index contributed by atoms with van der Waals surface area (Å²) in [6.45, 7) is 5.35. The fourth-order valence-electron chi connectivity index (χ4n) is 1.79. The van der Waals surface area contributed by atoms with Crippen LogP contribution in [0.4, 0.5) is 0 Å². The molecule has 4 heteroatoms. The SMILES string of the molecule is CC(C)=CC(=O)c1oc2cc(C)ccc2c(=O)c1O. The molecule has 98 valence electrons. The topological polar surface area (TPSA) is 67.5 Å². The van der Waals surface area contributed by atoms with Gasteiger partial charge in [0.2, 0.25) is 22.7 Å². The van der Waals surface area contributed by atoms with Crippen LogP contribution in [0.2, 0.25) is 0 Å². The zero-order valence-corrected chi connectivity index (χ0v) is 11.0. The summed E-state index contributed by atoms with van der Waals surface area (Å²) < 4.78 is 5.37. The maximum atomic E-state index is 12.0. The molecule has 1 N–H and O–H groups in total. The maximum Gasteiger partial charge on any atom is 0.235 e. The number of fused-ring (bicyclic) bond motifs is 1. The van der Waals surface area contributed by atoms with E-state index in [2.05, 4.69) is 0 Å². The molecule has 2 rings (SSSR count). The summed E-state index contributed by atoms with van der Waals surface area (Å²) in [5.74, 6) is -1.47. The second-order valence-corrected chi connectivity index (χ2v) is 4.69. The van der Waals surface area contributed by atoms with E-state index < -0.39 is 17.0 Å². The average molecular weight is 258 g/mol. The third-order valence-corrected chi connectivity index (χ3v) is 2.67. The van der Waals surface area contributed by atoms with Crippen molar-refractivity contribution in [2.24, 2.45) is 0 Å². The molecule has 4 nitrogen and oxygen atoms in total. The molecule has 0 aliphatic rings. The van der Waals surface area contributed by atoms with Crippen LogP contribution in [0.15, 0.2) is 39.1 Å². The Balaban J connectivity index is 2.76. The van der Waals surface area contributed by atoms with Crippen molar-refractivity contribution < 1.29 is 14.3 Å². The van der Waals surface area contributed by atoms with Gasteiger partial charge < -0.3 is 9.52 Å². The molecule has 1 aromatic carbocycles. The molecule has 0 aliphatic carbocycles. The Morgan fingerprint density at radius 2 is 2.00 bits per heavy atom. The lowest BCUT2D eigenvalue weighted by Crippen LogP contribution is -2.07. The van der Waals surface area contributed by atoms with E-state index in [1.54, 1.807) is 32.0 Å². The van der Waals surface area contributed by atoms with Crippen molar-refractivity contribution in [3.63, 3.8) is 0 Å². The molecule has 1 heterocycles. The van der Waals surface area contributed by atoms with E-state index in [4.69, 9.17) is 4.42 Å². The highest BCUT2D eigenvalue weighted by atomic mass is 16.4. The smallest absolute Gasteiger partial charge is 0.235 e. The molecule has 0 amide bonds. The normalized spacial score (nSPS) is 10.5. The van der Waals surface area contributed by atoms with E-state index in [1.807, 2.05) is 6.92 Å². The monoisotopic (exact) mass is 258 g/mol. The lowest BCUT2D eigenvalue weighted by Gasteiger charge is -2.04. The van der Waals surface area contributed by atoms with Crippen LogP contribution in [0.1, 0.15) is 30.0 Å². The Hall–Kier alpha value is -2.36. The minimum absolute atomic E-state index is 0.261. The first-order chi connectivity index (χ1) is 8.90. The number of carbonyl (C=O) groups excluding carboxylic acids is 1. The number of benzene rings is 1. The van der Waals surface area contributed by atoms with Gasteiger partial charge in [-0.3, -0.25) is 9.59 Å². The second-order valence-electron chi connectivity index (χ2n) is 4.69. The largest absolute Gasteiger partial charge is 0.501 e. The van der Waals surface area contributed by atoms with Crippen molar-refractivity contribution in [2.45, 2.75) is 20.8 Å². The molecule has 0 bridgehead atoms. The van der Waals surface area contributed by atoms with E-state index in [0.29, 0.717) is 5.58 Å². The zero-order valence-electron chi connectivity index (χ0n) is 11.0. The number of hydrogen-bond acceptors (Lipinski definition) is 4. The quantitative estimate of drug-likeness (QED) is 0.664. The number of allylic oxidation sites excluding steroid dienone is 2. The van der Waals surface area contributed by atoms with Crippen molar-refractivity contribution in [3.05, 3.63) is 51.4 Å². The summed E-state index contributed by atoms with van der Waals surface area (Å²) in [7, 11) is 0. The van der Waals surface area contributed by atoms with Crippen LogP contribution in [0.3, 0.4) is 0 Å². The second kappa shape index (κ2) is 4.72. The molecule has 2 aromatic rings. The fraction of sp³-hybridized carbons (Fsp3) is 0.200. The highest BCUT2D eigenvalue weighted by molar-refractivity contribution is 6.05. The first kappa shape index (κ1) is 13.1. The fourth-order valence-corrected chi connectivity index (χ4v) is 1.79. The van der Waals surface area contributed by atoms with Gasteiger partial charge >= 0.3 is 0 Å². The molecule has 0 aliphatic heterocycles. The number of aromatic hydroxyl groups is 1. The summed E-state index contributed by atoms with van der Waals surface area (Å²) >= 11 is 0. The van der Waals surface area contributed by atoms with Crippen molar-refractivity contribution in [1.29, 1.82) is 0 Å². The molecular weight excluding hydrogens is 244 g/mol. The van der Waals surface area contributed by atoms with E-state index in [0.717, 1.165) is 11.1 Å². The highest BCUT2D eigenvalue weighted by Crippen LogP contribution is 2.21. The standard InChI is InChI=1S/C15H14O4/c1-8(2)6-11(16)15-14(18)13(17)10-5-4-9(3)7-12(10)19-15/h4-7,18H,1-3H3. The average Bonchev–Trinajstić information content (AvgIpc) is 2.32. The molecule has 0 saturated heterocycles. The van der Waals surface area contributed by atoms with Gasteiger partial charge in [-0.05, 0) is 44.5 Å². The number of carbonyl (C=O) groups is 1. The van der Waals surface area contributed by atoms with Gasteiger partial charge in [0.1, 0.15) is 5.58 Å². The maximum absolute atomic E-state index is 12.0. The van der Waals surface area contributed by atoms with Crippen molar-refractivity contribution in [2.75, 3.05) is 0 Å². The van der Waals surface area contributed by atoms with Gasteiger partial charge in [-0.15, -0.1) is 0 Å². The van der Waals surface area contributed by atoms with Crippen LogP contribution in [-0.2, 0) is 0 Å². The molecule has 0 saturated carbocycles. The molecule has 0 atom stereocenters. The Bertz CT molecular complexity index is 747. The molecule has 19 heavy (non-hydrogen) atoms. The van der Waals surface area contributed by atoms with Crippen molar-refractivity contribution in [3.8, 4) is 5.75 Å². The lowest BCUT2D eigenvalue weighted by atomic mass is 10.1. The predicted molar refractivity (Wildman–Crippen MR) is 72.6 cm³/mol. The Morgan fingerprint density at radius 3 is 2.63 bits per heavy atom. The molecule has 0 fully saturated rings. The minimum atomic E-state index is -0.640. The third kappa shape index (κ3) is 2.42. The van der Waals surface area contributed by atoms with Gasteiger partial charge in [-0.2, -0.15) is 0 Å². The first-order valence-corrected chi connectivity index (χ1v) is 5.86. The molecule has 1 aromatic heterocycles. The summed E-state index contributed by atoms with van der Waals surface area (Å²) in [5.41, 5.74) is 1.37. The van der Waals surface area contributed by atoms with Crippen molar-refractivity contribution >= 4 is 16.8 Å². The van der Waals surface area contributed by atoms with E-state index in [1.165, 1.54) is 6.08 Å². The molecular formula is C15H14O4. The van der Waals surface area contributed by atoms with Gasteiger partial charge in [0, 0.05) is 0 Å². The van der Waals surface area contributed by atoms with Crippen LogP contribution < -0.4 is 5.43 Å². The van der Waals surface area contributed by atoms with Crippen LogP contribution in [0, 0.1) is 6.92 Å². The Labute approximate surface area is 110 Å². The molecule has 0 unspecified atom stereocenters. The van der Waals surface area contributed by atoms with Gasteiger partial charge in [0.05, 0.1) is 5.39 Å². The predicted octanol–water partition coefficient (Wildman–Crippen LogP) is 2.96. The Morgan fingerprint density at radius 1 is 1.32 bits per heavy atom. The van der Waals surface area contributed by atoms with Crippen LogP contribution in [0.5, 0.6) is 5.75 Å². The van der Waals surface area contributed by atoms with Crippen LogP contribution >= 0.6 is 0 Å². The zero-order chi connectivity index (χ0) is 14.2.